The fourth-order valence-electron chi connectivity index (χ4n) is 1.45. The van der Waals surface area contributed by atoms with Crippen LogP contribution >= 0.6 is 11.6 Å². The van der Waals surface area contributed by atoms with E-state index in [1.54, 1.807) is 18.2 Å². The van der Waals surface area contributed by atoms with Crippen LogP contribution in [0.1, 0.15) is 15.9 Å². The van der Waals surface area contributed by atoms with Crippen molar-refractivity contribution in [1.82, 2.24) is 4.98 Å². The Hall–Kier alpha value is -1.94. The minimum Gasteiger partial charge on any atom is -0.321 e. The minimum absolute atomic E-state index is 0.282. The van der Waals surface area contributed by atoms with Gasteiger partial charge in [0.2, 0.25) is 5.95 Å². The molecule has 1 aromatic carbocycles. The average molecular weight is 265 g/mol. The SMILES string of the molecule is O=C(Nc1ccc(F)nc1)c1cccc(CCl)c1. The molecular formula is C13H10ClFN2O. The van der Waals surface area contributed by atoms with E-state index in [1.807, 2.05) is 6.07 Å². The van der Waals surface area contributed by atoms with Crippen LogP contribution in [-0.2, 0) is 5.88 Å². The second-order valence-electron chi connectivity index (χ2n) is 3.66. The highest BCUT2D eigenvalue weighted by atomic mass is 35.5. The number of nitrogens with one attached hydrogen (secondary N) is 1. The third-order valence-electron chi connectivity index (χ3n) is 2.33. The number of carbonyl (C=O) groups is 1. The molecule has 0 aliphatic carbocycles. The maximum atomic E-state index is 12.6. The van der Waals surface area contributed by atoms with Crippen molar-refractivity contribution in [2.45, 2.75) is 5.88 Å². The van der Waals surface area contributed by atoms with Crippen molar-refractivity contribution >= 4 is 23.2 Å². The van der Waals surface area contributed by atoms with E-state index in [0.29, 0.717) is 17.1 Å². The second kappa shape index (κ2) is 5.60. The molecule has 0 bridgehead atoms. The normalized spacial score (nSPS) is 10.1. The number of anilines is 1. The summed E-state index contributed by atoms with van der Waals surface area (Å²) in [6.07, 6.45) is 1.26. The van der Waals surface area contributed by atoms with Crippen molar-refractivity contribution in [2.75, 3.05) is 5.32 Å². The van der Waals surface area contributed by atoms with Crippen LogP contribution in [0.5, 0.6) is 0 Å². The Morgan fingerprint density at radius 1 is 1.33 bits per heavy atom. The summed E-state index contributed by atoms with van der Waals surface area (Å²) in [5, 5.41) is 2.63. The summed E-state index contributed by atoms with van der Waals surface area (Å²) in [6, 6.07) is 9.62. The van der Waals surface area contributed by atoms with E-state index in [2.05, 4.69) is 10.3 Å². The summed E-state index contributed by atoms with van der Waals surface area (Å²) < 4.78 is 12.6. The Morgan fingerprint density at radius 2 is 2.17 bits per heavy atom. The molecule has 0 saturated heterocycles. The van der Waals surface area contributed by atoms with Gasteiger partial charge in [0.05, 0.1) is 11.9 Å². The Labute approximate surface area is 109 Å². The highest BCUT2D eigenvalue weighted by Gasteiger charge is 2.06. The number of rotatable bonds is 3. The monoisotopic (exact) mass is 264 g/mol. The zero-order chi connectivity index (χ0) is 13.0. The number of halogens is 2. The first-order valence-corrected chi connectivity index (χ1v) is 5.80. The van der Waals surface area contributed by atoms with Gasteiger partial charge in [-0.1, -0.05) is 12.1 Å². The Morgan fingerprint density at radius 3 is 2.83 bits per heavy atom. The van der Waals surface area contributed by atoms with Gasteiger partial charge in [0.15, 0.2) is 0 Å². The molecule has 0 atom stereocenters. The number of pyridine rings is 1. The lowest BCUT2D eigenvalue weighted by Crippen LogP contribution is -2.12. The summed E-state index contributed by atoms with van der Waals surface area (Å²) >= 11 is 5.70. The summed E-state index contributed by atoms with van der Waals surface area (Å²) in [4.78, 5) is 15.3. The number of nitrogens with zero attached hydrogens (tertiary/aromatic N) is 1. The topological polar surface area (TPSA) is 42.0 Å². The van der Waals surface area contributed by atoms with Crippen LogP contribution in [0.3, 0.4) is 0 Å². The molecular weight excluding hydrogens is 255 g/mol. The van der Waals surface area contributed by atoms with Gasteiger partial charge < -0.3 is 5.32 Å². The van der Waals surface area contributed by atoms with Crippen molar-refractivity contribution in [3.8, 4) is 0 Å². The summed E-state index contributed by atoms with van der Waals surface area (Å²) in [6.45, 7) is 0. The van der Waals surface area contributed by atoms with E-state index in [-0.39, 0.29) is 5.91 Å². The molecule has 18 heavy (non-hydrogen) atoms. The number of hydrogen-bond donors (Lipinski definition) is 1. The molecule has 1 amide bonds. The lowest BCUT2D eigenvalue weighted by molar-refractivity contribution is 0.102. The van der Waals surface area contributed by atoms with Crippen LogP contribution in [0.4, 0.5) is 10.1 Å². The number of amides is 1. The molecule has 2 aromatic rings. The first-order chi connectivity index (χ1) is 8.69. The summed E-state index contributed by atoms with van der Waals surface area (Å²) in [5.41, 5.74) is 1.80. The van der Waals surface area contributed by atoms with Gasteiger partial charge >= 0.3 is 0 Å². The van der Waals surface area contributed by atoms with E-state index in [4.69, 9.17) is 11.6 Å². The van der Waals surface area contributed by atoms with Crippen molar-refractivity contribution in [2.24, 2.45) is 0 Å². The van der Waals surface area contributed by atoms with Gasteiger partial charge in [-0.25, -0.2) is 4.98 Å². The van der Waals surface area contributed by atoms with Gasteiger partial charge in [-0.3, -0.25) is 4.79 Å². The number of aromatic nitrogens is 1. The Balaban J connectivity index is 2.14. The van der Waals surface area contributed by atoms with Crippen molar-refractivity contribution in [3.63, 3.8) is 0 Å². The molecule has 0 radical (unpaired) electrons. The molecule has 2 rings (SSSR count). The molecule has 0 aliphatic rings. The Kier molecular flexibility index (Phi) is 3.89. The van der Waals surface area contributed by atoms with Crippen LogP contribution in [0, 0.1) is 5.95 Å². The molecule has 0 spiro atoms. The highest BCUT2D eigenvalue weighted by Crippen LogP contribution is 2.11. The van der Waals surface area contributed by atoms with E-state index >= 15 is 0 Å². The van der Waals surface area contributed by atoms with Crippen LogP contribution in [0.25, 0.3) is 0 Å². The number of carbonyl (C=O) groups excluding carboxylic acids is 1. The van der Waals surface area contributed by atoms with Crippen LogP contribution < -0.4 is 5.32 Å². The zero-order valence-electron chi connectivity index (χ0n) is 9.36. The van der Waals surface area contributed by atoms with Crippen LogP contribution in [0.2, 0.25) is 0 Å². The lowest BCUT2D eigenvalue weighted by atomic mass is 10.1. The largest absolute Gasteiger partial charge is 0.321 e. The van der Waals surface area contributed by atoms with Gasteiger partial charge in [-0.2, -0.15) is 4.39 Å². The molecule has 3 nitrogen and oxygen atoms in total. The van der Waals surface area contributed by atoms with Crippen LogP contribution in [-0.4, -0.2) is 10.9 Å². The standard InChI is InChI=1S/C13H10ClFN2O/c14-7-9-2-1-3-10(6-9)13(18)17-11-4-5-12(15)16-8-11/h1-6,8H,7H2,(H,17,18). The average Bonchev–Trinajstić information content (AvgIpc) is 2.41. The molecule has 0 saturated carbocycles. The molecule has 1 aromatic heterocycles. The third kappa shape index (κ3) is 3.05. The van der Waals surface area contributed by atoms with Crippen molar-refractivity contribution < 1.29 is 9.18 Å². The predicted octanol–water partition coefficient (Wildman–Crippen LogP) is 3.21. The van der Waals surface area contributed by atoms with Gasteiger partial charge in [-0.05, 0) is 29.8 Å². The van der Waals surface area contributed by atoms with E-state index < -0.39 is 5.95 Å². The summed E-state index contributed by atoms with van der Waals surface area (Å²) in [7, 11) is 0. The van der Waals surface area contributed by atoms with Crippen molar-refractivity contribution in [1.29, 1.82) is 0 Å². The summed E-state index contributed by atoms with van der Waals surface area (Å²) in [5.74, 6) is -0.522. The predicted molar refractivity (Wildman–Crippen MR) is 68.1 cm³/mol. The smallest absolute Gasteiger partial charge is 0.255 e. The first-order valence-electron chi connectivity index (χ1n) is 5.27. The Bertz CT molecular complexity index is 557. The fourth-order valence-corrected chi connectivity index (χ4v) is 1.61. The van der Waals surface area contributed by atoms with E-state index in [9.17, 15) is 9.18 Å². The molecule has 1 heterocycles. The van der Waals surface area contributed by atoms with E-state index in [1.165, 1.54) is 18.3 Å². The molecule has 0 unspecified atom stereocenters. The van der Waals surface area contributed by atoms with Crippen molar-refractivity contribution in [3.05, 3.63) is 59.7 Å². The van der Waals surface area contributed by atoms with Gasteiger partial charge in [0, 0.05) is 11.4 Å². The fraction of sp³-hybridized carbons (Fsp3) is 0.0769. The highest BCUT2D eigenvalue weighted by molar-refractivity contribution is 6.17. The minimum atomic E-state index is -0.586. The first kappa shape index (κ1) is 12.5. The zero-order valence-corrected chi connectivity index (χ0v) is 10.1. The third-order valence-corrected chi connectivity index (χ3v) is 2.64. The molecule has 5 heteroatoms. The molecule has 0 aliphatic heterocycles. The molecule has 92 valence electrons. The van der Waals surface area contributed by atoms with Gasteiger partial charge in [0.1, 0.15) is 0 Å². The number of benzene rings is 1. The maximum Gasteiger partial charge on any atom is 0.255 e. The van der Waals surface area contributed by atoms with Gasteiger partial charge in [0.25, 0.3) is 5.91 Å². The lowest BCUT2D eigenvalue weighted by Gasteiger charge is -2.05. The molecule has 1 N–H and O–H groups in total. The van der Waals surface area contributed by atoms with Gasteiger partial charge in [-0.15, -0.1) is 11.6 Å². The molecule has 0 fully saturated rings. The van der Waals surface area contributed by atoms with Crippen LogP contribution in [0.15, 0.2) is 42.6 Å². The quantitative estimate of drug-likeness (QED) is 0.683. The number of hydrogen-bond acceptors (Lipinski definition) is 2. The van der Waals surface area contributed by atoms with E-state index in [0.717, 1.165) is 5.56 Å². The second-order valence-corrected chi connectivity index (χ2v) is 3.92. The maximum absolute atomic E-state index is 12.6. The number of alkyl halides is 1.